The van der Waals surface area contributed by atoms with Crippen molar-refractivity contribution in [2.75, 3.05) is 0 Å². The summed E-state index contributed by atoms with van der Waals surface area (Å²) < 4.78 is 1.10. The zero-order valence-corrected chi connectivity index (χ0v) is 12.6. The molecule has 0 saturated carbocycles. The lowest BCUT2D eigenvalue weighted by Gasteiger charge is -2.12. The van der Waals surface area contributed by atoms with Gasteiger partial charge in [-0.25, -0.2) is 0 Å². The van der Waals surface area contributed by atoms with Crippen LogP contribution in [0.15, 0.2) is 6.07 Å². The van der Waals surface area contributed by atoms with Gasteiger partial charge in [0.2, 0.25) is 0 Å². The molecule has 0 aliphatic heterocycles. The maximum absolute atomic E-state index is 12.1. The molecule has 0 aliphatic rings. The lowest BCUT2D eigenvalue weighted by Crippen LogP contribution is -2.08. The number of carbonyl (C=O) groups is 1. The molecule has 0 bridgehead atoms. The summed E-state index contributed by atoms with van der Waals surface area (Å²) in [6, 6.07) is 1.68. The van der Waals surface area contributed by atoms with E-state index in [0.717, 1.165) is 12.8 Å². The number of Topliss-reactive ketones (excluding diaryl/α,β-unsaturated/α-hetero) is 1. The van der Waals surface area contributed by atoms with Gasteiger partial charge in [0.1, 0.15) is 4.34 Å². The van der Waals surface area contributed by atoms with Gasteiger partial charge in [0.25, 0.3) is 0 Å². The summed E-state index contributed by atoms with van der Waals surface area (Å²) in [5, 5.41) is 0. The van der Waals surface area contributed by atoms with E-state index in [0.29, 0.717) is 26.6 Å². The van der Waals surface area contributed by atoms with Crippen LogP contribution >= 0.6 is 34.5 Å². The highest BCUT2D eigenvalue weighted by Gasteiger charge is 2.18. The Balaban J connectivity index is 2.61. The van der Waals surface area contributed by atoms with Gasteiger partial charge in [0.15, 0.2) is 5.78 Å². The number of hydrogen-bond acceptors (Lipinski definition) is 2. The zero-order valence-electron chi connectivity index (χ0n) is 10.3. The molecule has 1 nitrogen and oxygen atoms in total. The summed E-state index contributed by atoms with van der Waals surface area (Å²) in [5.41, 5.74) is 0.594. The summed E-state index contributed by atoms with van der Waals surface area (Å²) in [6.07, 6.45) is 5.11. The van der Waals surface area contributed by atoms with Crippen molar-refractivity contribution in [1.82, 2.24) is 0 Å². The minimum absolute atomic E-state index is 0.126. The third kappa shape index (κ3) is 4.61. The monoisotopic (exact) mass is 292 g/mol. The molecule has 0 radical (unpaired) electrons. The first-order valence-electron chi connectivity index (χ1n) is 6.06. The Morgan fingerprint density at radius 3 is 2.59 bits per heavy atom. The van der Waals surface area contributed by atoms with Crippen molar-refractivity contribution in [1.29, 1.82) is 0 Å². The van der Waals surface area contributed by atoms with Gasteiger partial charge >= 0.3 is 0 Å². The van der Waals surface area contributed by atoms with Gasteiger partial charge in [-0.15, -0.1) is 11.3 Å². The van der Waals surface area contributed by atoms with Crippen molar-refractivity contribution in [3.05, 3.63) is 20.3 Å². The summed E-state index contributed by atoms with van der Waals surface area (Å²) in [7, 11) is 0. The van der Waals surface area contributed by atoms with Gasteiger partial charge in [-0.3, -0.25) is 4.79 Å². The average molecular weight is 293 g/mol. The van der Waals surface area contributed by atoms with Gasteiger partial charge in [-0.05, 0) is 12.0 Å². The molecule has 1 aromatic rings. The summed E-state index contributed by atoms with van der Waals surface area (Å²) in [4.78, 5) is 12.1. The first kappa shape index (κ1) is 15.0. The maximum atomic E-state index is 12.1. The van der Waals surface area contributed by atoms with E-state index >= 15 is 0 Å². The Morgan fingerprint density at radius 1 is 1.41 bits per heavy atom. The third-order valence-electron chi connectivity index (χ3n) is 2.97. The van der Waals surface area contributed by atoms with Gasteiger partial charge in [-0.2, -0.15) is 0 Å². The average Bonchev–Trinajstić information content (AvgIpc) is 2.63. The number of carbonyl (C=O) groups excluding carboxylic acids is 1. The van der Waals surface area contributed by atoms with Crippen molar-refractivity contribution in [3.8, 4) is 0 Å². The van der Waals surface area contributed by atoms with Crippen LogP contribution in [0.3, 0.4) is 0 Å². The highest BCUT2D eigenvalue weighted by molar-refractivity contribution is 7.20. The Kier molecular flexibility index (Phi) is 6.53. The lowest BCUT2D eigenvalue weighted by atomic mass is 9.92. The molecular formula is C13H18Cl2OS. The van der Waals surface area contributed by atoms with Crippen molar-refractivity contribution < 1.29 is 4.79 Å². The SMILES string of the molecule is CCCCC(CC)CC(=O)c1cc(Cl)sc1Cl. The number of hydrogen-bond donors (Lipinski definition) is 0. The zero-order chi connectivity index (χ0) is 12.8. The first-order valence-corrected chi connectivity index (χ1v) is 7.63. The minimum Gasteiger partial charge on any atom is -0.294 e. The predicted octanol–water partition coefficient (Wildman–Crippen LogP) is 5.84. The first-order chi connectivity index (χ1) is 8.08. The maximum Gasteiger partial charge on any atom is 0.165 e. The minimum atomic E-state index is 0.126. The Bertz CT molecular complexity index is 373. The molecule has 1 rings (SSSR count). The molecule has 0 spiro atoms. The molecule has 1 atom stereocenters. The van der Waals surface area contributed by atoms with Crippen LogP contribution in [0, 0.1) is 5.92 Å². The van der Waals surface area contributed by atoms with Crippen molar-refractivity contribution in [2.24, 2.45) is 5.92 Å². The van der Waals surface area contributed by atoms with E-state index in [1.54, 1.807) is 6.07 Å². The fraction of sp³-hybridized carbons (Fsp3) is 0.615. The molecule has 0 aromatic carbocycles. The van der Waals surface area contributed by atoms with Crippen LogP contribution in [0.4, 0.5) is 0 Å². The Hall–Kier alpha value is -0.0500. The standard InChI is InChI=1S/C13H18Cl2OS/c1-3-5-6-9(4-2)7-11(16)10-8-12(14)17-13(10)15/h8-9H,3-7H2,1-2H3. The predicted molar refractivity (Wildman–Crippen MR) is 76.6 cm³/mol. The second kappa shape index (κ2) is 7.40. The van der Waals surface area contributed by atoms with Gasteiger partial charge < -0.3 is 0 Å². The third-order valence-corrected chi connectivity index (χ3v) is 4.46. The van der Waals surface area contributed by atoms with Crippen LogP contribution in [-0.2, 0) is 0 Å². The number of thiophene rings is 1. The number of unbranched alkanes of at least 4 members (excludes halogenated alkanes) is 1. The number of rotatable bonds is 7. The van der Waals surface area contributed by atoms with E-state index < -0.39 is 0 Å². The van der Waals surface area contributed by atoms with E-state index in [1.807, 2.05) is 0 Å². The highest BCUT2D eigenvalue weighted by atomic mass is 35.5. The van der Waals surface area contributed by atoms with Crippen LogP contribution in [-0.4, -0.2) is 5.78 Å². The Labute approximate surface area is 117 Å². The fourth-order valence-corrected chi connectivity index (χ4v) is 3.34. The van der Waals surface area contributed by atoms with E-state index in [9.17, 15) is 4.79 Å². The second-order valence-corrected chi connectivity index (χ2v) is 6.57. The molecule has 0 amide bonds. The van der Waals surface area contributed by atoms with Crippen LogP contribution in [0.25, 0.3) is 0 Å². The molecule has 96 valence electrons. The normalized spacial score (nSPS) is 12.7. The fourth-order valence-electron chi connectivity index (χ4n) is 1.85. The number of ketones is 1. The van der Waals surface area contributed by atoms with E-state index in [2.05, 4.69) is 13.8 Å². The lowest BCUT2D eigenvalue weighted by molar-refractivity contribution is 0.0957. The summed E-state index contributed by atoms with van der Waals surface area (Å²) in [6.45, 7) is 4.31. The van der Waals surface area contributed by atoms with Crippen LogP contribution in [0.2, 0.25) is 8.67 Å². The molecule has 0 N–H and O–H groups in total. The van der Waals surface area contributed by atoms with E-state index in [-0.39, 0.29) is 5.78 Å². The molecule has 1 aromatic heterocycles. The summed E-state index contributed by atoms with van der Waals surface area (Å²) in [5.74, 6) is 0.596. The topological polar surface area (TPSA) is 17.1 Å². The number of halogens is 2. The molecule has 0 fully saturated rings. The Morgan fingerprint density at radius 2 is 2.12 bits per heavy atom. The van der Waals surface area contributed by atoms with Gasteiger partial charge in [-0.1, -0.05) is 62.7 Å². The molecule has 0 aliphatic carbocycles. The van der Waals surface area contributed by atoms with E-state index in [1.165, 1.54) is 24.2 Å². The van der Waals surface area contributed by atoms with Crippen LogP contribution < -0.4 is 0 Å². The van der Waals surface area contributed by atoms with Crippen molar-refractivity contribution in [2.45, 2.75) is 46.0 Å². The molecule has 4 heteroatoms. The van der Waals surface area contributed by atoms with Gasteiger partial charge in [0, 0.05) is 12.0 Å². The summed E-state index contributed by atoms with van der Waals surface area (Å²) >= 11 is 13.1. The molecule has 0 saturated heterocycles. The van der Waals surface area contributed by atoms with E-state index in [4.69, 9.17) is 23.2 Å². The smallest absolute Gasteiger partial charge is 0.165 e. The second-order valence-electron chi connectivity index (χ2n) is 4.28. The molecular weight excluding hydrogens is 275 g/mol. The highest BCUT2D eigenvalue weighted by Crippen LogP contribution is 2.33. The molecule has 1 unspecified atom stereocenters. The van der Waals surface area contributed by atoms with Crippen LogP contribution in [0.5, 0.6) is 0 Å². The quantitative estimate of drug-likeness (QED) is 0.577. The van der Waals surface area contributed by atoms with Crippen molar-refractivity contribution in [3.63, 3.8) is 0 Å². The van der Waals surface area contributed by atoms with Crippen molar-refractivity contribution >= 4 is 40.3 Å². The van der Waals surface area contributed by atoms with Crippen LogP contribution in [0.1, 0.15) is 56.3 Å². The largest absolute Gasteiger partial charge is 0.294 e. The molecule has 1 heterocycles. The molecule has 17 heavy (non-hydrogen) atoms. The van der Waals surface area contributed by atoms with Gasteiger partial charge in [0.05, 0.1) is 4.34 Å².